The molecule has 102 valence electrons. The number of morpholine rings is 1. The average molecular weight is 280 g/mol. The summed E-state index contributed by atoms with van der Waals surface area (Å²) in [5.74, 6) is 1.70. The molecule has 2 aromatic heterocycles. The molecule has 3 rings (SSSR count). The molecule has 1 aliphatic heterocycles. The van der Waals surface area contributed by atoms with E-state index in [1.54, 1.807) is 0 Å². The number of aryl methyl sites for hydroxylation is 1. The number of aromatic amines is 1. The van der Waals surface area contributed by atoms with Gasteiger partial charge in [-0.3, -0.25) is 5.10 Å². The Bertz CT molecular complexity index is 513. The van der Waals surface area contributed by atoms with Gasteiger partial charge in [-0.2, -0.15) is 9.47 Å². The van der Waals surface area contributed by atoms with Crippen molar-refractivity contribution in [2.45, 2.75) is 25.9 Å². The molecular weight excluding hydrogens is 264 g/mol. The van der Waals surface area contributed by atoms with Gasteiger partial charge < -0.3 is 9.64 Å². The molecule has 3 heterocycles. The topological polar surface area (TPSA) is 79.8 Å². The van der Waals surface area contributed by atoms with Gasteiger partial charge in [0.25, 0.3) is 0 Å². The van der Waals surface area contributed by atoms with Crippen LogP contribution in [0.2, 0.25) is 0 Å². The molecule has 0 spiro atoms. The van der Waals surface area contributed by atoms with E-state index >= 15 is 0 Å². The van der Waals surface area contributed by atoms with Crippen LogP contribution in [0.5, 0.6) is 0 Å². The Hall–Kier alpha value is -1.54. The van der Waals surface area contributed by atoms with E-state index in [9.17, 15) is 0 Å². The number of hydrogen-bond acceptors (Lipinski definition) is 7. The predicted octanol–water partition coefficient (Wildman–Crippen LogP) is 1.19. The molecule has 0 aliphatic carbocycles. The maximum absolute atomic E-state index is 5.71. The lowest BCUT2D eigenvalue weighted by molar-refractivity contribution is 0.0342. The van der Waals surface area contributed by atoms with Crippen molar-refractivity contribution < 1.29 is 4.74 Å². The lowest BCUT2D eigenvalue weighted by atomic mass is 10.2. The van der Waals surface area contributed by atoms with Crippen LogP contribution in [-0.2, 0) is 11.2 Å². The molecule has 0 aromatic carbocycles. The molecule has 19 heavy (non-hydrogen) atoms. The molecule has 1 aliphatic rings. The number of hydrogen-bond donors (Lipinski definition) is 1. The van der Waals surface area contributed by atoms with Gasteiger partial charge in [0.05, 0.1) is 13.2 Å². The molecule has 1 fully saturated rings. The lowest BCUT2D eigenvalue weighted by Gasteiger charge is -2.31. The maximum atomic E-state index is 5.71. The summed E-state index contributed by atoms with van der Waals surface area (Å²) in [7, 11) is 0. The molecule has 0 amide bonds. The van der Waals surface area contributed by atoms with Crippen molar-refractivity contribution >= 4 is 16.7 Å². The van der Waals surface area contributed by atoms with Crippen LogP contribution < -0.4 is 4.90 Å². The normalized spacial score (nSPS) is 19.8. The van der Waals surface area contributed by atoms with Crippen molar-refractivity contribution in [2.24, 2.45) is 0 Å². The highest BCUT2D eigenvalue weighted by atomic mass is 32.1. The van der Waals surface area contributed by atoms with Crippen LogP contribution in [-0.4, -0.2) is 44.2 Å². The minimum Gasteiger partial charge on any atom is -0.367 e. The van der Waals surface area contributed by atoms with E-state index in [2.05, 4.69) is 36.4 Å². The average Bonchev–Trinajstić information content (AvgIpc) is 3.11. The van der Waals surface area contributed by atoms with Crippen molar-refractivity contribution in [2.75, 3.05) is 24.6 Å². The van der Waals surface area contributed by atoms with Gasteiger partial charge in [-0.15, -0.1) is 0 Å². The zero-order valence-corrected chi connectivity index (χ0v) is 11.6. The lowest BCUT2D eigenvalue weighted by Crippen LogP contribution is -2.38. The summed E-state index contributed by atoms with van der Waals surface area (Å²) < 4.78 is 10.1. The van der Waals surface area contributed by atoms with Crippen LogP contribution in [0.3, 0.4) is 0 Å². The SMILES string of the molecule is CCCc1nsc(N2CCOC(c3ncn[nH]3)C2)n1. The Morgan fingerprint density at radius 1 is 1.58 bits per heavy atom. The van der Waals surface area contributed by atoms with E-state index in [0.717, 1.165) is 42.7 Å². The third-order valence-corrected chi connectivity index (χ3v) is 3.82. The van der Waals surface area contributed by atoms with Gasteiger partial charge in [-0.1, -0.05) is 6.92 Å². The van der Waals surface area contributed by atoms with Gasteiger partial charge in [0.2, 0.25) is 5.13 Å². The molecule has 1 atom stereocenters. The predicted molar refractivity (Wildman–Crippen MR) is 71.2 cm³/mol. The van der Waals surface area contributed by atoms with Crippen molar-refractivity contribution in [3.05, 3.63) is 18.0 Å². The quantitative estimate of drug-likeness (QED) is 0.906. The number of aromatic nitrogens is 5. The van der Waals surface area contributed by atoms with Crippen LogP contribution >= 0.6 is 11.5 Å². The van der Waals surface area contributed by atoms with Gasteiger partial charge in [0.15, 0.2) is 5.82 Å². The molecular formula is C11H16N6OS. The number of H-pyrrole nitrogens is 1. The third-order valence-electron chi connectivity index (χ3n) is 3.01. The van der Waals surface area contributed by atoms with Crippen LogP contribution in [0.25, 0.3) is 0 Å². The highest BCUT2D eigenvalue weighted by Gasteiger charge is 2.26. The highest BCUT2D eigenvalue weighted by molar-refractivity contribution is 7.09. The van der Waals surface area contributed by atoms with Crippen LogP contribution in [0.15, 0.2) is 6.33 Å². The minimum absolute atomic E-state index is 0.0743. The van der Waals surface area contributed by atoms with Gasteiger partial charge in [-0.25, -0.2) is 9.97 Å². The molecule has 7 nitrogen and oxygen atoms in total. The van der Waals surface area contributed by atoms with Crippen molar-refractivity contribution in [3.63, 3.8) is 0 Å². The zero-order chi connectivity index (χ0) is 13.1. The van der Waals surface area contributed by atoms with E-state index < -0.39 is 0 Å². The molecule has 2 aromatic rings. The molecule has 1 unspecified atom stereocenters. The number of ether oxygens (including phenoxy) is 1. The van der Waals surface area contributed by atoms with Crippen LogP contribution in [0, 0.1) is 0 Å². The van der Waals surface area contributed by atoms with E-state index in [-0.39, 0.29) is 6.10 Å². The van der Waals surface area contributed by atoms with Gasteiger partial charge >= 0.3 is 0 Å². The molecule has 0 bridgehead atoms. The first-order valence-electron chi connectivity index (χ1n) is 6.41. The van der Waals surface area contributed by atoms with Gasteiger partial charge in [0, 0.05) is 24.5 Å². The summed E-state index contributed by atoms with van der Waals surface area (Å²) in [4.78, 5) is 10.9. The van der Waals surface area contributed by atoms with Gasteiger partial charge in [0.1, 0.15) is 18.3 Å². The molecule has 0 saturated carbocycles. The second-order valence-electron chi connectivity index (χ2n) is 4.42. The molecule has 1 saturated heterocycles. The smallest absolute Gasteiger partial charge is 0.205 e. The summed E-state index contributed by atoms with van der Waals surface area (Å²) in [5.41, 5.74) is 0. The summed E-state index contributed by atoms with van der Waals surface area (Å²) >= 11 is 1.46. The first-order valence-corrected chi connectivity index (χ1v) is 7.18. The number of rotatable bonds is 4. The second kappa shape index (κ2) is 5.62. The highest BCUT2D eigenvalue weighted by Crippen LogP contribution is 2.25. The van der Waals surface area contributed by atoms with Crippen molar-refractivity contribution in [3.8, 4) is 0 Å². The fourth-order valence-corrected chi connectivity index (χ4v) is 2.80. The Morgan fingerprint density at radius 2 is 2.53 bits per heavy atom. The summed E-state index contributed by atoms with van der Waals surface area (Å²) in [6.45, 7) is 4.37. The zero-order valence-electron chi connectivity index (χ0n) is 10.7. The number of nitrogens with one attached hydrogen (secondary N) is 1. The van der Waals surface area contributed by atoms with Gasteiger partial charge in [-0.05, 0) is 6.42 Å². The first kappa shape index (κ1) is 12.5. The minimum atomic E-state index is -0.0743. The van der Waals surface area contributed by atoms with Crippen molar-refractivity contribution in [1.82, 2.24) is 24.5 Å². The Kier molecular flexibility index (Phi) is 3.69. The Labute approximate surface area is 115 Å². The standard InChI is InChI=1S/C11H16N6OS/c1-2-3-9-14-11(19-16-9)17-4-5-18-8(6-17)10-12-7-13-15-10/h7-8H,2-6H2,1H3,(H,12,13,15). The van der Waals surface area contributed by atoms with E-state index in [1.165, 1.54) is 17.9 Å². The van der Waals surface area contributed by atoms with Crippen LogP contribution in [0.1, 0.15) is 31.1 Å². The second-order valence-corrected chi connectivity index (χ2v) is 5.15. The van der Waals surface area contributed by atoms with E-state index in [4.69, 9.17) is 4.74 Å². The fourth-order valence-electron chi connectivity index (χ4n) is 2.06. The van der Waals surface area contributed by atoms with E-state index in [0.29, 0.717) is 6.61 Å². The van der Waals surface area contributed by atoms with Crippen molar-refractivity contribution in [1.29, 1.82) is 0 Å². The molecule has 8 heteroatoms. The summed E-state index contributed by atoms with van der Waals surface area (Å²) in [6.07, 6.45) is 3.43. The first-order chi connectivity index (χ1) is 9.36. The Morgan fingerprint density at radius 3 is 3.32 bits per heavy atom. The summed E-state index contributed by atoms with van der Waals surface area (Å²) in [6, 6.07) is 0. The molecule has 0 radical (unpaired) electrons. The number of anilines is 1. The van der Waals surface area contributed by atoms with Crippen LogP contribution in [0.4, 0.5) is 5.13 Å². The maximum Gasteiger partial charge on any atom is 0.205 e. The number of nitrogens with zero attached hydrogens (tertiary/aromatic N) is 5. The monoisotopic (exact) mass is 280 g/mol. The third kappa shape index (κ3) is 2.74. The molecule has 1 N–H and O–H groups in total. The summed E-state index contributed by atoms with van der Waals surface area (Å²) in [5, 5.41) is 7.69. The fraction of sp³-hybridized carbons (Fsp3) is 0.636. The van der Waals surface area contributed by atoms with E-state index in [1.807, 2.05) is 0 Å². The largest absolute Gasteiger partial charge is 0.367 e. The Balaban J connectivity index is 1.70.